The minimum atomic E-state index is -3.33. The van der Waals surface area contributed by atoms with E-state index in [2.05, 4.69) is 24.1 Å². The Labute approximate surface area is 163 Å². The molecule has 1 fully saturated rings. The molecular weight excluding hydrogens is 386 g/mol. The summed E-state index contributed by atoms with van der Waals surface area (Å²) in [4.78, 5) is 17.6. The van der Waals surface area contributed by atoms with Gasteiger partial charge in [0.15, 0.2) is 0 Å². The number of phenols is 1. The van der Waals surface area contributed by atoms with E-state index in [4.69, 9.17) is 0 Å². The van der Waals surface area contributed by atoms with Crippen LogP contribution in [-0.4, -0.2) is 36.7 Å². The van der Waals surface area contributed by atoms with E-state index in [9.17, 15) is 18.3 Å². The molecule has 0 radical (unpaired) electrons. The van der Waals surface area contributed by atoms with Gasteiger partial charge in [0.1, 0.15) is 10.6 Å². The van der Waals surface area contributed by atoms with Crippen molar-refractivity contribution in [2.45, 2.75) is 33.6 Å². The number of hydrogen-bond donors (Lipinski definition) is 2. The standard InChI is InChI=1S/C18H23N3O4S2/c1-11(2)9-16-19-12(3)17(26-16)18(23)20-14-10-13(5-6-15(14)22)21-7-4-8-27(21,24)25/h5-6,10-11,22H,4,7-9H2,1-3H3,(H,20,23). The number of carbonyl (C=O) groups is 1. The van der Waals surface area contributed by atoms with Gasteiger partial charge in [0.05, 0.1) is 27.8 Å². The molecule has 1 aromatic heterocycles. The van der Waals surface area contributed by atoms with E-state index < -0.39 is 10.0 Å². The van der Waals surface area contributed by atoms with Crippen molar-refractivity contribution in [3.63, 3.8) is 0 Å². The first-order chi connectivity index (χ1) is 12.7. The van der Waals surface area contributed by atoms with Crippen LogP contribution >= 0.6 is 11.3 Å². The molecule has 1 saturated heterocycles. The average Bonchev–Trinajstić information content (AvgIpc) is 3.10. The number of nitrogens with one attached hydrogen (secondary N) is 1. The zero-order valence-corrected chi connectivity index (χ0v) is 17.2. The summed E-state index contributed by atoms with van der Waals surface area (Å²) in [5.74, 6) is 0.0634. The Morgan fingerprint density at radius 2 is 2.15 bits per heavy atom. The Morgan fingerprint density at radius 1 is 1.41 bits per heavy atom. The fraction of sp³-hybridized carbons (Fsp3) is 0.444. The molecule has 146 valence electrons. The van der Waals surface area contributed by atoms with Crippen molar-refractivity contribution in [2.75, 3.05) is 21.9 Å². The van der Waals surface area contributed by atoms with Gasteiger partial charge in [0, 0.05) is 13.0 Å². The quantitative estimate of drug-likeness (QED) is 0.739. The molecule has 27 heavy (non-hydrogen) atoms. The number of sulfonamides is 1. The summed E-state index contributed by atoms with van der Waals surface area (Å²) in [5.41, 5.74) is 1.26. The van der Waals surface area contributed by atoms with Crippen LogP contribution in [0.5, 0.6) is 5.75 Å². The van der Waals surface area contributed by atoms with Gasteiger partial charge >= 0.3 is 0 Å². The first-order valence-electron chi connectivity index (χ1n) is 8.78. The highest BCUT2D eigenvalue weighted by Gasteiger charge is 2.29. The number of carbonyl (C=O) groups excluding carboxylic acids is 1. The highest BCUT2D eigenvalue weighted by Crippen LogP contribution is 2.33. The molecule has 7 nitrogen and oxygen atoms in total. The first kappa shape index (κ1) is 19.6. The van der Waals surface area contributed by atoms with Crippen molar-refractivity contribution in [2.24, 2.45) is 5.92 Å². The van der Waals surface area contributed by atoms with Gasteiger partial charge in [-0.3, -0.25) is 9.10 Å². The predicted molar refractivity (Wildman–Crippen MR) is 107 cm³/mol. The van der Waals surface area contributed by atoms with Crippen LogP contribution in [0.3, 0.4) is 0 Å². The van der Waals surface area contributed by atoms with Crippen molar-refractivity contribution < 1.29 is 18.3 Å². The number of aryl methyl sites for hydroxylation is 1. The van der Waals surface area contributed by atoms with Gasteiger partial charge in [-0.1, -0.05) is 13.8 Å². The monoisotopic (exact) mass is 409 g/mol. The van der Waals surface area contributed by atoms with Crippen LogP contribution < -0.4 is 9.62 Å². The number of aromatic nitrogens is 1. The maximum Gasteiger partial charge on any atom is 0.267 e. The Bertz CT molecular complexity index is 967. The number of benzene rings is 1. The number of aromatic hydroxyl groups is 1. The summed E-state index contributed by atoms with van der Waals surface area (Å²) in [6, 6.07) is 4.41. The second-order valence-corrected chi connectivity index (χ2v) is 10.1. The van der Waals surface area contributed by atoms with Crippen molar-refractivity contribution in [1.82, 2.24) is 4.98 Å². The Kier molecular flexibility index (Phi) is 5.43. The van der Waals surface area contributed by atoms with Gasteiger partial charge in [-0.15, -0.1) is 11.3 Å². The molecule has 0 unspecified atom stereocenters. The summed E-state index contributed by atoms with van der Waals surface area (Å²) < 4.78 is 25.5. The minimum absolute atomic E-state index is 0.105. The van der Waals surface area contributed by atoms with Crippen LogP contribution in [0.25, 0.3) is 0 Å². The number of thiazole rings is 1. The molecule has 0 bridgehead atoms. The Hall–Kier alpha value is -2.13. The van der Waals surface area contributed by atoms with Crippen molar-refractivity contribution in [3.05, 3.63) is 33.8 Å². The van der Waals surface area contributed by atoms with Gasteiger partial charge in [-0.25, -0.2) is 13.4 Å². The number of nitrogens with zero attached hydrogens (tertiary/aromatic N) is 2. The van der Waals surface area contributed by atoms with E-state index in [0.717, 1.165) is 11.4 Å². The molecule has 0 aliphatic carbocycles. The minimum Gasteiger partial charge on any atom is -0.506 e. The summed E-state index contributed by atoms with van der Waals surface area (Å²) in [6.45, 7) is 6.36. The van der Waals surface area contributed by atoms with Crippen LogP contribution in [0.1, 0.15) is 40.6 Å². The lowest BCUT2D eigenvalue weighted by molar-refractivity contribution is 0.102. The van der Waals surface area contributed by atoms with Gasteiger partial charge in [0.2, 0.25) is 10.0 Å². The van der Waals surface area contributed by atoms with E-state index in [1.807, 2.05) is 0 Å². The van der Waals surface area contributed by atoms with Crippen LogP contribution in [0.2, 0.25) is 0 Å². The molecule has 9 heteroatoms. The smallest absolute Gasteiger partial charge is 0.267 e. The van der Waals surface area contributed by atoms with E-state index in [1.54, 1.807) is 6.92 Å². The van der Waals surface area contributed by atoms with Gasteiger partial charge in [-0.05, 0) is 37.5 Å². The number of hydrogen-bond acceptors (Lipinski definition) is 6. The lowest BCUT2D eigenvalue weighted by Crippen LogP contribution is -2.25. The van der Waals surface area contributed by atoms with E-state index in [0.29, 0.717) is 35.1 Å². The van der Waals surface area contributed by atoms with Gasteiger partial charge in [-0.2, -0.15) is 0 Å². The summed E-state index contributed by atoms with van der Waals surface area (Å²) >= 11 is 1.34. The second-order valence-electron chi connectivity index (χ2n) is 7.02. The number of amides is 1. The van der Waals surface area contributed by atoms with Crippen LogP contribution in [0.15, 0.2) is 18.2 Å². The van der Waals surface area contributed by atoms with E-state index >= 15 is 0 Å². The third-order valence-electron chi connectivity index (χ3n) is 4.25. The third kappa shape index (κ3) is 4.24. The fourth-order valence-electron chi connectivity index (χ4n) is 2.99. The normalized spacial score (nSPS) is 16.1. The average molecular weight is 410 g/mol. The molecular formula is C18H23N3O4S2. The topological polar surface area (TPSA) is 99.6 Å². The number of anilines is 2. The first-order valence-corrected chi connectivity index (χ1v) is 11.2. The molecule has 2 N–H and O–H groups in total. The molecule has 1 aromatic carbocycles. The zero-order chi connectivity index (χ0) is 19.8. The highest BCUT2D eigenvalue weighted by atomic mass is 32.2. The molecule has 1 aliphatic rings. The van der Waals surface area contributed by atoms with Crippen LogP contribution in [-0.2, 0) is 16.4 Å². The molecule has 2 heterocycles. The predicted octanol–water partition coefficient (Wildman–Crippen LogP) is 3.15. The maximum absolute atomic E-state index is 12.7. The number of rotatable bonds is 5. The lowest BCUT2D eigenvalue weighted by Gasteiger charge is -2.18. The molecule has 1 amide bonds. The lowest BCUT2D eigenvalue weighted by atomic mass is 10.1. The highest BCUT2D eigenvalue weighted by molar-refractivity contribution is 7.93. The molecule has 0 atom stereocenters. The van der Waals surface area contributed by atoms with Crippen LogP contribution in [0.4, 0.5) is 11.4 Å². The largest absolute Gasteiger partial charge is 0.506 e. The van der Waals surface area contributed by atoms with Crippen molar-refractivity contribution in [1.29, 1.82) is 0 Å². The summed E-state index contributed by atoms with van der Waals surface area (Å²) in [6.07, 6.45) is 1.36. The van der Waals surface area contributed by atoms with Crippen molar-refractivity contribution in [3.8, 4) is 5.75 Å². The fourth-order valence-corrected chi connectivity index (χ4v) is 5.72. The van der Waals surface area contributed by atoms with Gasteiger partial charge in [0.25, 0.3) is 5.91 Å². The third-order valence-corrected chi connectivity index (χ3v) is 7.29. The Balaban J connectivity index is 1.84. The maximum atomic E-state index is 12.7. The molecule has 3 rings (SSSR count). The van der Waals surface area contributed by atoms with E-state index in [1.165, 1.54) is 33.8 Å². The van der Waals surface area contributed by atoms with Gasteiger partial charge < -0.3 is 10.4 Å². The molecule has 2 aromatic rings. The van der Waals surface area contributed by atoms with Crippen LogP contribution in [0, 0.1) is 12.8 Å². The second kappa shape index (κ2) is 7.47. The van der Waals surface area contributed by atoms with E-state index in [-0.39, 0.29) is 23.1 Å². The Morgan fingerprint density at radius 3 is 2.78 bits per heavy atom. The molecule has 1 aliphatic heterocycles. The SMILES string of the molecule is Cc1nc(CC(C)C)sc1C(=O)Nc1cc(N2CCCS2(=O)=O)ccc1O. The van der Waals surface area contributed by atoms with Crippen molar-refractivity contribution >= 4 is 38.6 Å². The summed E-state index contributed by atoms with van der Waals surface area (Å²) in [5, 5.41) is 13.7. The summed E-state index contributed by atoms with van der Waals surface area (Å²) in [7, 11) is -3.33. The number of phenolic OH excluding ortho intramolecular Hbond substituents is 1. The zero-order valence-electron chi connectivity index (χ0n) is 15.5. The molecule has 0 saturated carbocycles. The molecule has 0 spiro atoms.